The minimum Gasteiger partial charge on any atom is -0.330 e. The Morgan fingerprint density at radius 2 is 1.68 bits per heavy atom. The zero-order valence-electron chi connectivity index (χ0n) is 16.5. The van der Waals surface area contributed by atoms with Gasteiger partial charge in [0.15, 0.2) is 0 Å². The van der Waals surface area contributed by atoms with E-state index in [0.29, 0.717) is 10.7 Å². The van der Waals surface area contributed by atoms with Gasteiger partial charge in [0, 0.05) is 22.8 Å². The van der Waals surface area contributed by atoms with E-state index in [1.54, 1.807) is 31.2 Å². The van der Waals surface area contributed by atoms with E-state index < -0.39 is 23.6 Å². The van der Waals surface area contributed by atoms with Crippen LogP contribution in [0, 0.1) is 0 Å². The molecule has 1 heterocycles. The number of alkyl halides is 3. The Bertz CT molecular complexity index is 978. The molecule has 1 aliphatic rings. The number of hydrogen-bond acceptors (Lipinski definition) is 3. The molecule has 1 aliphatic heterocycles. The summed E-state index contributed by atoms with van der Waals surface area (Å²) in [6.07, 6.45) is -4.50. The molecular formula is C21H19ClF3N3O3. The Hall–Kier alpha value is -3.07. The number of anilines is 1. The first-order valence-electron chi connectivity index (χ1n) is 9.40. The van der Waals surface area contributed by atoms with Crippen molar-refractivity contribution in [3.05, 3.63) is 64.7 Å². The SMILES string of the molecule is CCN(CC(=O)N1CC(=O)N(c2ccc(Cl)cc2)C1)C(=O)c1ccc(C(F)(F)F)cc1. The molecule has 0 spiro atoms. The molecule has 2 aromatic carbocycles. The number of carbonyl (C=O) groups is 3. The first-order valence-corrected chi connectivity index (χ1v) is 9.78. The van der Waals surface area contributed by atoms with Crippen LogP contribution in [0.2, 0.25) is 5.02 Å². The van der Waals surface area contributed by atoms with Gasteiger partial charge in [-0.05, 0) is 55.5 Å². The zero-order valence-corrected chi connectivity index (χ0v) is 17.3. The van der Waals surface area contributed by atoms with Crippen molar-refractivity contribution in [2.75, 3.05) is 31.2 Å². The summed E-state index contributed by atoms with van der Waals surface area (Å²) in [5, 5.41) is 0.517. The second-order valence-corrected chi connectivity index (χ2v) is 7.36. The number of nitrogens with zero attached hydrogens (tertiary/aromatic N) is 3. The van der Waals surface area contributed by atoms with Crippen LogP contribution in [0.3, 0.4) is 0 Å². The van der Waals surface area contributed by atoms with Crippen molar-refractivity contribution in [2.45, 2.75) is 13.1 Å². The van der Waals surface area contributed by atoms with Crippen molar-refractivity contribution in [1.82, 2.24) is 9.80 Å². The van der Waals surface area contributed by atoms with Gasteiger partial charge in [0.2, 0.25) is 11.8 Å². The number of hydrogen-bond donors (Lipinski definition) is 0. The van der Waals surface area contributed by atoms with E-state index in [9.17, 15) is 27.6 Å². The third-order valence-electron chi connectivity index (χ3n) is 4.88. The molecule has 1 fully saturated rings. The van der Waals surface area contributed by atoms with Crippen LogP contribution in [0.1, 0.15) is 22.8 Å². The van der Waals surface area contributed by atoms with Gasteiger partial charge in [-0.2, -0.15) is 13.2 Å². The fourth-order valence-electron chi connectivity index (χ4n) is 3.14. The Balaban J connectivity index is 1.66. The van der Waals surface area contributed by atoms with Gasteiger partial charge < -0.3 is 9.80 Å². The van der Waals surface area contributed by atoms with Crippen LogP contribution in [0.4, 0.5) is 18.9 Å². The molecule has 3 rings (SSSR count). The van der Waals surface area contributed by atoms with Gasteiger partial charge >= 0.3 is 6.18 Å². The highest BCUT2D eigenvalue weighted by molar-refractivity contribution is 6.30. The van der Waals surface area contributed by atoms with E-state index in [4.69, 9.17) is 11.6 Å². The van der Waals surface area contributed by atoms with Gasteiger partial charge in [-0.3, -0.25) is 19.3 Å². The summed E-state index contributed by atoms with van der Waals surface area (Å²) < 4.78 is 38.1. The molecule has 0 N–H and O–H groups in total. The van der Waals surface area contributed by atoms with Gasteiger partial charge in [-0.1, -0.05) is 11.6 Å². The van der Waals surface area contributed by atoms with Gasteiger partial charge in [0.25, 0.3) is 5.91 Å². The Kier molecular flexibility index (Phi) is 6.54. The molecule has 31 heavy (non-hydrogen) atoms. The van der Waals surface area contributed by atoms with E-state index in [0.717, 1.165) is 24.3 Å². The highest BCUT2D eigenvalue weighted by atomic mass is 35.5. The molecule has 164 valence electrons. The third kappa shape index (κ3) is 5.16. The molecule has 2 aromatic rings. The summed E-state index contributed by atoms with van der Waals surface area (Å²) in [5.41, 5.74) is -0.220. The van der Waals surface area contributed by atoms with E-state index in [-0.39, 0.29) is 37.8 Å². The average Bonchev–Trinajstić information content (AvgIpc) is 3.13. The molecule has 0 bridgehead atoms. The maximum Gasteiger partial charge on any atom is 0.416 e. The van der Waals surface area contributed by atoms with E-state index in [2.05, 4.69) is 0 Å². The Morgan fingerprint density at radius 1 is 1.06 bits per heavy atom. The average molecular weight is 454 g/mol. The molecule has 0 atom stereocenters. The van der Waals surface area contributed by atoms with Crippen LogP contribution in [-0.4, -0.2) is 53.8 Å². The molecule has 3 amide bonds. The Labute approximate surface area is 181 Å². The summed E-state index contributed by atoms with van der Waals surface area (Å²) in [4.78, 5) is 41.6. The van der Waals surface area contributed by atoms with Crippen LogP contribution >= 0.6 is 11.6 Å². The predicted octanol–water partition coefficient (Wildman–Crippen LogP) is 3.65. The number of halogens is 4. The van der Waals surface area contributed by atoms with Crippen molar-refractivity contribution in [3.8, 4) is 0 Å². The van der Waals surface area contributed by atoms with Gasteiger partial charge in [0.05, 0.1) is 5.56 Å². The number of likely N-dealkylation sites (N-methyl/N-ethyl adjacent to an activating group) is 1. The minimum atomic E-state index is -4.50. The molecule has 0 radical (unpaired) electrons. The monoisotopic (exact) mass is 453 g/mol. The van der Waals surface area contributed by atoms with Crippen LogP contribution < -0.4 is 4.90 Å². The number of benzene rings is 2. The number of amides is 3. The number of carbonyl (C=O) groups excluding carboxylic acids is 3. The molecule has 0 saturated carbocycles. The second kappa shape index (κ2) is 8.97. The smallest absolute Gasteiger partial charge is 0.330 e. The molecule has 0 aliphatic carbocycles. The fraction of sp³-hybridized carbons (Fsp3) is 0.286. The minimum absolute atomic E-state index is 0.0331. The van der Waals surface area contributed by atoms with Crippen LogP contribution in [0.25, 0.3) is 0 Å². The van der Waals surface area contributed by atoms with Gasteiger partial charge in [-0.15, -0.1) is 0 Å². The summed E-state index contributed by atoms with van der Waals surface area (Å²) in [7, 11) is 0. The van der Waals surface area contributed by atoms with Crippen LogP contribution in [0.5, 0.6) is 0 Å². The standard InChI is InChI=1S/C21H19ClF3N3O3/c1-2-26(20(31)14-3-5-15(6-4-14)21(23,24)25)11-18(29)27-12-19(30)28(13-27)17-9-7-16(22)8-10-17/h3-10H,2,11-13H2,1H3. The third-order valence-corrected chi connectivity index (χ3v) is 5.14. The van der Waals surface area contributed by atoms with Crippen molar-refractivity contribution >= 4 is 35.0 Å². The van der Waals surface area contributed by atoms with Crippen molar-refractivity contribution < 1.29 is 27.6 Å². The highest BCUT2D eigenvalue weighted by Crippen LogP contribution is 2.29. The summed E-state index contributed by atoms with van der Waals surface area (Å²) in [6.45, 7) is 1.44. The lowest BCUT2D eigenvalue weighted by molar-refractivity contribution is -0.137. The first kappa shape index (κ1) is 22.6. The first-order chi connectivity index (χ1) is 14.6. The largest absolute Gasteiger partial charge is 0.416 e. The Morgan fingerprint density at radius 3 is 2.23 bits per heavy atom. The molecule has 6 nitrogen and oxygen atoms in total. The normalized spacial score (nSPS) is 14.2. The number of rotatable bonds is 5. The van der Waals surface area contributed by atoms with Crippen molar-refractivity contribution in [2.24, 2.45) is 0 Å². The lowest BCUT2D eigenvalue weighted by Gasteiger charge is -2.24. The van der Waals surface area contributed by atoms with Gasteiger partial charge in [-0.25, -0.2) is 0 Å². The van der Waals surface area contributed by atoms with E-state index in [1.807, 2.05) is 0 Å². The predicted molar refractivity (Wildman–Crippen MR) is 109 cm³/mol. The van der Waals surface area contributed by atoms with Crippen LogP contribution in [0.15, 0.2) is 48.5 Å². The fourth-order valence-corrected chi connectivity index (χ4v) is 3.26. The second-order valence-electron chi connectivity index (χ2n) is 6.93. The van der Waals surface area contributed by atoms with Gasteiger partial charge in [0.1, 0.15) is 19.8 Å². The van der Waals surface area contributed by atoms with E-state index in [1.165, 1.54) is 14.7 Å². The van der Waals surface area contributed by atoms with Crippen LogP contribution in [-0.2, 0) is 15.8 Å². The lowest BCUT2D eigenvalue weighted by atomic mass is 10.1. The highest BCUT2D eigenvalue weighted by Gasteiger charge is 2.33. The topological polar surface area (TPSA) is 60.9 Å². The summed E-state index contributed by atoms with van der Waals surface area (Å²) in [6, 6.07) is 10.4. The lowest BCUT2D eigenvalue weighted by Crippen LogP contribution is -2.42. The molecule has 10 heteroatoms. The zero-order chi connectivity index (χ0) is 22.8. The van der Waals surface area contributed by atoms with E-state index >= 15 is 0 Å². The van der Waals surface area contributed by atoms with Crippen molar-refractivity contribution in [1.29, 1.82) is 0 Å². The maximum atomic E-state index is 12.7. The molecule has 0 aromatic heterocycles. The molecular weight excluding hydrogens is 435 g/mol. The van der Waals surface area contributed by atoms with Crippen molar-refractivity contribution in [3.63, 3.8) is 0 Å². The summed E-state index contributed by atoms with van der Waals surface area (Å²) in [5.74, 6) is -1.27. The quantitative estimate of drug-likeness (QED) is 0.694. The summed E-state index contributed by atoms with van der Waals surface area (Å²) >= 11 is 5.86. The molecule has 1 saturated heterocycles. The molecule has 0 unspecified atom stereocenters. The maximum absolute atomic E-state index is 12.7.